The number of benzene rings is 3. The number of amides is 2. The summed E-state index contributed by atoms with van der Waals surface area (Å²) in [5.41, 5.74) is 1.77. The number of sulfonamides is 1. The second-order valence-electron chi connectivity index (χ2n) is 8.58. The summed E-state index contributed by atoms with van der Waals surface area (Å²) in [5.74, 6) is -0.773. The van der Waals surface area contributed by atoms with Crippen LogP contribution < -0.4 is 9.62 Å². The minimum Gasteiger partial charge on any atom is -0.355 e. The first-order chi connectivity index (χ1) is 17.7. The molecule has 37 heavy (non-hydrogen) atoms. The van der Waals surface area contributed by atoms with Crippen LogP contribution in [0.2, 0.25) is 5.02 Å². The van der Waals surface area contributed by atoms with Crippen molar-refractivity contribution in [2.24, 2.45) is 0 Å². The predicted octanol–water partition coefficient (Wildman–Crippen LogP) is 4.79. The maximum absolute atomic E-state index is 13.9. The van der Waals surface area contributed by atoms with Crippen LogP contribution >= 0.6 is 11.6 Å². The quantitative estimate of drug-likeness (QED) is 0.378. The van der Waals surface area contributed by atoms with Crippen LogP contribution in [0.15, 0.2) is 83.8 Å². The van der Waals surface area contributed by atoms with Crippen LogP contribution in [0.1, 0.15) is 31.4 Å². The molecule has 0 heterocycles. The molecule has 0 bridgehead atoms. The molecule has 0 fully saturated rings. The van der Waals surface area contributed by atoms with Gasteiger partial charge in [0.1, 0.15) is 12.6 Å². The summed E-state index contributed by atoms with van der Waals surface area (Å²) in [5, 5.41) is 3.25. The second-order valence-corrected chi connectivity index (χ2v) is 10.9. The van der Waals surface area contributed by atoms with E-state index in [0.717, 1.165) is 9.87 Å². The Morgan fingerprint density at radius 1 is 0.946 bits per heavy atom. The Morgan fingerprint density at radius 3 is 2.14 bits per heavy atom. The Bertz CT molecular complexity index is 1320. The van der Waals surface area contributed by atoms with Gasteiger partial charge in [-0.2, -0.15) is 0 Å². The van der Waals surface area contributed by atoms with Gasteiger partial charge in [-0.1, -0.05) is 67.1 Å². The number of aryl methyl sites for hydroxylation is 1. The van der Waals surface area contributed by atoms with Crippen LogP contribution in [-0.4, -0.2) is 44.3 Å². The lowest BCUT2D eigenvalue weighted by atomic mass is 10.1. The maximum Gasteiger partial charge on any atom is 0.264 e. The fourth-order valence-corrected chi connectivity index (χ4v) is 5.85. The molecule has 0 radical (unpaired) electrons. The molecule has 1 atom stereocenters. The maximum atomic E-state index is 13.9. The van der Waals surface area contributed by atoms with Gasteiger partial charge < -0.3 is 10.2 Å². The van der Waals surface area contributed by atoms with Gasteiger partial charge in [-0.3, -0.25) is 13.9 Å². The number of nitrogens with one attached hydrogen (secondary N) is 1. The van der Waals surface area contributed by atoms with Gasteiger partial charge in [0.15, 0.2) is 0 Å². The molecule has 0 aromatic heterocycles. The van der Waals surface area contributed by atoms with E-state index in [-0.39, 0.29) is 17.3 Å². The van der Waals surface area contributed by atoms with Crippen molar-refractivity contribution >= 4 is 39.1 Å². The van der Waals surface area contributed by atoms with Gasteiger partial charge in [0.2, 0.25) is 11.8 Å². The summed E-state index contributed by atoms with van der Waals surface area (Å²) in [6.07, 6.45) is 0.371. The fraction of sp³-hybridized carbons (Fsp3) is 0.286. The van der Waals surface area contributed by atoms with Gasteiger partial charge in [-0.25, -0.2) is 8.42 Å². The van der Waals surface area contributed by atoms with Gasteiger partial charge >= 0.3 is 0 Å². The SMILES string of the molecule is CCNC(=O)[C@H](CC)N(Cc1ccccc1)C(=O)CN(c1ccc(Cl)cc1C)S(=O)(=O)c1ccccc1. The highest BCUT2D eigenvalue weighted by molar-refractivity contribution is 7.92. The number of nitrogens with zero attached hydrogens (tertiary/aromatic N) is 2. The summed E-state index contributed by atoms with van der Waals surface area (Å²) < 4.78 is 28.7. The van der Waals surface area contributed by atoms with Crippen molar-refractivity contribution in [3.05, 3.63) is 95.0 Å². The molecule has 0 aliphatic carbocycles. The molecule has 3 aromatic carbocycles. The Labute approximate surface area is 224 Å². The molecular weight excluding hydrogens is 510 g/mol. The van der Waals surface area contributed by atoms with Crippen LogP contribution in [0, 0.1) is 6.92 Å². The molecule has 196 valence electrons. The number of rotatable bonds is 11. The normalized spacial score (nSPS) is 12.0. The number of carbonyl (C=O) groups is 2. The largest absolute Gasteiger partial charge is 0.355 e. The highest BCUT2D eigenvalue weighted by Gasteiger charge is 2.34. The van der Waals surface area contributed by atoms with E-state index in [4.69, 9.17) is 11.6 Å². The first kappa shape index (κ1) is 28.2. The Morgan fingerprint density at radius 2 is 1.57 bits per heavy atom. The number of likely N-dealkylation sites (N-methyl/N-ethyl adjacent to an activating group) is 1. The van der Waals surface area contributed by atoms with E-state index in [1.54, 1.807) is 43.3 Å². The first-order valence-electron chi connectivity index (χ1n) is 12.1. The van der Waals surface area contributed by atoms with Crippen LogP contribution in [0.5, 0.6) is 0 Å². The minimum absolute atomic E-state index is 0.0579. The van der Waals surface area contributed by atoms with E-state index < -0.39 is 28.5 Å². The average Bonchev–Trinajstić information content (AvgIpc) is 2.88. The van der Waals surface area contributed by atoms with Crippen LogP contribution in [-0.2, 0) is 26.2 Å². The summed E-state index contributed by atoms with van der Waals surface area (Å²) in [7, 11) is -4.11. The molecule has 0 spiro atoms. The van der Waals surface area contributed by atoms with Crippen LogP contribution in [0.4, 0.5) is 5.69 Å². The molecule has 7 nitrogen and oxygen atoms in total. The lowest BCUT2D eigenvalue weighted by molar-refractivity contribution is -0.140. The molecule has 2 amide bonds. The van der Waals surface area contributed by atoms with Crippen molar-refractivity contribution in [1.82, 2.24) is 10.2 Å². The van der Waals surface area contributed by atoms with Crippen molar-refractivity contribution in [3.8, 4) is 0 Å². The average molecular weight is 542 g/mol. The van der Waals surface area contributed by atoms with Crippen molar-refractivity contribution < 1.29 is 18.0 Å². The molecule has 0 aliphatic heterocycles. The Kier molecular flexibility index (Phi) is 9.72. The Balaban J connectivity index is 2.07. The summed E-state index contributed by atoms with van der Waals surface area (Å²) in [6.45, 7) is 5.47. The zero-order valence-electron chi connectivity index (χ0n) is 21.2. The smallest absolute Gasteiger partial charge is 0.264 e. The van der Waals surface area contributed by atoms with E-state index in [1.807, 2.05) is 44.2 Å². The van der Waals surface area contributed by atoms with E-state index in [0.29, 0.717) is 29.2 Å². The van der Waals surface area contributed by atoms with E-state index in [1.165, 1.54) is 17.0 Å². The monoisotopic (exact) mass is 541 g/mol. The molecule has 1 N–H and O–H groups in total. The number of carbonyl (C=O) groups excluding carboxylic acids is 2. The van der Waals surface area contributed by atoms with Gasteiger partial charge in [-0.05, 0) is 61.7 Å². The van der Waals surface area contributed by atoms with Gasteiger partial charge in [0, 0.05) is 18.1 Å². The van der Waals surface area contributed by atoms with Gasteiger partial charge in [0.05, 0.1) is 10.6 Å². The Hall–Kier alpha value is -3.36. The minimum atomic E-state index is -4.11. The van der Waals surface area contributed by atoms with Crippen LogP contribution in [0.25, 0.3) is 0 Å². The second kappa shape index (κ2) is 12.7. The predicted molar refractivity (Wildman–Crippen MR) is 147 cm³/mol. The van der Waals surface area contributed by atoms with Crippen molar-refractivity contribution in [2.45, 2.75) is 44.7 Å². The molecular formula is C28H32ClN3O4S. The zero-order valence-corrected chi connectivity index (χ0v) is 22.8. The van der Waals surface area contributed by atoms with Crippen molar-refractivity contribution in [2.75, 3.05) is 17.4 Å². The third-order valence-corrected chi connectivity index (χ3v) is 7.98. The summed E-state index contributed by atoms with van der Waals surface area (Å²) in [6, 6.07) is 21.4. The standard InChI is InChI=1S/C28H32ClN3O4S/c1-4-25(28(34)30-5-2)31(19-22-12-8-6-9-13-22)27(33)20-32(26-17-16-23(29)18-21(26)3)37(35,36)24-14-10-7-11-15-24/h6-18,25H,4-5,19-20H2,1-3H3,(H,30,34)/t25-/m0/s1. The van der Waals surface area contributed by atoms with Crippen molar-refractivity contribution in [1.29, 1.82) is 0 Å². The fourth-order valence-electron chi connectivity index (χ4n) is 4.12. The molecule has 3 aromatic rings. The lowest BCUT2D eigenvalue weighted by Gasteiger charge is -2.33. The van der Waals surface area contributed by atoms with E-state index >= 15 is 0 Å². The van der Waals surface area contributed by atoms with Gasteiger partial charge in [-0.15, -0.1) is 0 Å². The zero-order chi connectivity index (χ0) is 27.0. The molecule has 9 heteroatoms. The number of hydrogen-bond acceptors (Lipinski definition) is 4. The molecule has 0 saturated carbocycles. The molecule has 3 rings (SSSR count). The third-order valence-electron chi connectivity index (χ3n) is 5.97. The molecule has 0 aliphatic rings. The number of anilines is 1. The summed E-state index contributed by atoms with van der Waals surface area (Å²) >= 11 is 6.14. The van der Waals surface area contributed by atoms with Crippen LogP contribution in [0.3, 0.4) is 0 Å². The third kappa shape index (κ3) is 6.90. The highest BCUT2D eigenvalue weighted by atomic mass is 35.5. The summed E-state index contributed by atoms with van der Waals surface area (Å²) in [4.78, 5) is 28.4. The molecule has 0 saturated heterocycles. The highest BCUT2D eigenvalue weighted by Crippen LogP contribution is 2.29. The van der Waals surface area contributed by atoms with E-state index in [2.05, 4.69) is 5.32 Å². The number of halogens is 1. The first-order valence-corrected chi connectivity index (χ1v) is 14.0. The number of hydrogen-bond donors (Lipinski definition) is 1. The lowest BCUT2D eigenvalue weighted by Crippen LogP contribution is -2.52. The van der Waals surface area contributed by atoms with Crippen molar-refractivity contribution in [3.63, 3.8) is 0 Å². The topological polar surface area (TPSA) is 86.8 Å². The van der Waals surface area contributed by atoms with Gasteiger partial charge in [0.25, 0.3) is 10.0 Å². The molecule has 0 unspecified atom stereocenters. The van der Waals surface area contributed by atoms with E-state index in [9.17, 15) is 18.0 Å².